The van der Waals surface area contributed by atoms with Gasteiger partial charge in [-0.2, -0.15) is 0 Å². The molecule has 1 aromatic carbocycles. The van der Waals surface area contributed by atoms with Crippen LogP contribution >= 0.6 is 33.9 Å². The number of hydrogen-bond donors (Lipinski definition) is 1. The van der Waals surface area contributed by atoms with Crippen molar-refractivity contribution in [2.24, 2.45) is 0 Å². The third-order valence-corrected chi connectivity index (χ3v) is 4.07. The Hall–Kier alpha value is -0.390. The summed E-state index contributed by atoms with van der Waals surface area (Å²) in [6, 6.07) is 10.0. The van der Waals surface area contributed by atoms with E-state index in [-0.39, 0.29) is 0 Å². The summed E-state index contributed by atoms with van der Waals surface area (Å²) in [5.41, 5.74) is 3.12. The predicted molar refractivity (Wildman–Crippen MR) is 72.3 cm³/mol. The van der Waals surface area contributed by atoms with Gasteiger partial charge in [0.25, 0.3) is 0 Å². The molecule has 78 valence electrons. The quantitative estimate of drug-likeness (QED) is 0.832. The molecule has 1 heterocycles. The molecule has 1 atom stereocenters. The Labute approximate surface area is 107 Å². The van der Waals surface area contributed by atoms with Gasteiger partial charge in [-0.1, -0.05) is 29.8 Å². The first-order valence-electron chi connectivity index (χ1n) is 4.65. The van der Waals surface area contributed by atoms with Crippen LogP contribution < -0.4 is 0 Å². The first kappa shape index (κ1) is 11.1. The molecule has 15 heavy (non-hydrogen) atoms. The second-order valence-electron chi connectivity index (χ2n) is 3.50. The molecule has 1 aromatic heterocycles. The van der Waals surface area contributed by atoms with Crippen molar-refractivity contribution in [2.45, 2.75) is 13.0 Å². The van der Waals surface area contributed by atoms with Gasteiger partial charge in [0.05, 0.1) is 2.88 Å². The Morgan fingerprint density at radius 3 is 2.67 bits per heavy atom. The van der Waals surface area contributed by atoms with Gasteiger partial charge < -0.3 is 5.11 Å². The lowest BCUT2D eigenvalue weighted by molar-refractivity contribution is 0.220. The molecule has 0 saturated carbocycles. The average Bonchev–Trinajstić information content (AvgIpc) is 2.64. The number of aliphatic hydroxyl groups is 1. The average molecular weight is 330 g/mol. The molecule has 0 aliphatic rings. The minimum Gasteiger partial charge on any atom is -0.384 e. The topological polar surface area (TPSA) is 20.2 Å². The van der Waals surface area contributed by atoms with Gasteiger partial charge in [-0.15, -0.1) is 11.3 Å². The van der Waals surface area contributed by atoms with E-state index in [2.05, 4.69) is 22.6 Å². The molecule has 0 saturated heterocycles. The van der Waals surface area contributed by atoms with Gasteiger partial charge in [-0.3, -0.25) is 0 Å². The van der Waals surface area contributed by atoms with Crippen LogP contribution in [-0.4, -0.2) is 5.11 Å². The molecule has 1 N–H and O–H groups in total. The summed E-state index contributed by atoms with van der Waals surface area (Å²) in [6.07, 6.45) is -0.496. The van der Waals surface area contributed by atoms with Crippen LogP contribution in [0.25, 0.3) is 0 Å². The summed E-state index contributed by atoms with van der Waals surface area (Å²) in [7, 11) is 0. The Balaban J connectivity index is 2.32. The standard InChI is InChI=1S/C12H11IOS/c1-8-3-2-4-9(5-8)12(14)10-6-11(13)15-7-10/h2-7,12,14H,1H3. The molecule has 0 fully saturated rings. The maximum absolute atomic E-state index is 10.1. The number of halogens is 1. The zero-order chi connectivity index (χ0) is 10.8. The van der Waals surface area contributed by atoms with Crippen LogP contribution in [0.15, 0.2) is 35.7 Å². The zero-order valence-electron chi connectivity index (χ0n) is 8.27. The van der Waals surface area contributed by atoms with Crippen LogP contribution in [0, 0.1) is 9.81 Å². The third-order valence-electron chi connectivity index (χ3n) is 2.26. The molecular formula is C12H11IOS. The summed E-state index contributed by atoms with van der Waals surface area (Å²) in [4.78, 5) is 0. The van der Waals surface area contributed by atoms with Crippen molar-refractivity contribution in [3.8, 4) is 0 Å². The second kappa shape index (κ2) is 4.63. The van der Waals surface area contributed by atoms with Crippen molar-refractivity contribution in [2.75, 3.05) is 0 Å². The highest BCUT2D eigenvalue weighted by Crippen LogP contribution is 2.27. The molecule has 0 radical (unpaired) electrons. The predicted octanol–water partition coefficient (Wildman–Crippen LogP) is 3.74. The molecule has 0 aliphatic carbocycles. The molecular weight excluding hydrogens is 319 g/mol. The van der Waals surface area contributed by atoms with E-state index in [0.29, 0.717) is 0 Å². The van der Waals surface area contributed by atoms with Gasteiger partial charge in [0, 0.05) is 0 Å². The summed E-state index contributed by atoms with van der Waals surface area (Å²) >= 11 is 3.93. The normalized spacial score (nSPS) is 12.7. The lowest BCUT2D eigenvalue weighted by Crippen LogP contribution is -1.97. The number of hydrogen-bond acceptors (Lipinski definition) is 2. The Kier molecular flexibility index (Phi) is 3.43. The molecule has 2 rings (SSSR count). The fraction of sp³-hybridized carbons (Fsp3) is 0.167. The van der Waals surface area contributed by atoms with Crippen LogP contribution in [0.1, 0.15) is 22.8 Å². The largest absolute Gasteiger partial charge is 0.384 e. The van der Waals surface area contributed by atoms with Gasteiger partial charge in [0.15, 0.2) is 0 Å². The Bertz CT molecular complexity index is 464. The van der Waals surface area contributed by atoms with Crippen LogP contribution in [0.4, 0.5) is 0 Å². The van der Waals surface area contributed by atoms with Gasteiger partial charge in [-0.25, -0.2) is 0 Å². The molecule has 0 spiro atoms. The summed E-state index contributed by atoms with van der Waals surface area (Å²) in [5, 5.41) is 12.1. The van der Waals surface area contributed by atoms with Crippen LogP contribution in [0.5, 0.6) is 0 Å². The molecule has 1 unspecified atom stereocenters. The number of thiophene rings is 1. The second-order valence-corrected chi connectivity index (χ2v) is 6.31. The SMILES string of the molecule is Cc1cccc(C(O)c2csc(I)c2)c1. The molecule has 0 bridgehead atoms. The Morgan fingerprint density at radius 1 is 1.27 bits per heavy atom. The van der Waals surface area contributed by atoms with Crippen molar-refractivity contribution in [1.82, 2.24) is 0 Å². The van der Waals surface area contributed by atoms with E-state index in [4.69, 9.17) is 0 Å². The highest BCUT2D eigenvalue weighted by molar-refractivity contribution is 14.1. The fourth-order valence-corrected chi connectivity index (χ4v) is 2.89. The van der Waals surface area contributed by atoms with Crippen LogP contribution in [0.3, 0.4) is 0 Å². The maximum atomic E-state index is 10.1. The van der Waals surface area contributed by atoms with Crippen molar-refractivity contribution >= 4 is 33.9 Å². The van der Waals surface area contributed by atoms with E-state index in [0.717, 1.165) is 11.1 Å². The number of rotatable bonds is 2. The smallest absolute Gasteiger partial charge is 0.105 e. The van der Waals surface area contributed by atoms with Crippen LogP contribution in [0.2, 0.25) is 0 Å². The minimum atomic E-state index is -0.496. The minimum absolute atomic E-state index is 0.496. The number of aryl methyl sites for hydroxylation is 1. The maximum Gasteiger partial charge on any atom is 0.105 e. The highest BCUT2D eigenvalue weighted by Gasteiger charge is 2.11. The molecule has 1 nitrogen and oxygen atoms in total. The van der Waals surface area contributed by atoms with Gasteiger partial charge in [0.1, 0.15) is 6.10 Å². The van der Waals surface area contributed by atoms with Crippen molar-refractivity contribution in [3.05, 3.63) is 55.3 Å². The van der Waals surface area contributed by atoms with Crippen molar-refractivity contribution < 1.29 is 5.11 Å². The summed E-state index contributed by atoms with van der Waals surface area (Å²) in [5.74, 6) is 0. The van der Waals surface area contributed by atoms with Crippen molar-refractivity contribution in [3.63, 3.8) is 0 Å². The van der Waals surface area contributed by atoms with E-state index >= 15 is 0 Å². The number of aliphatic hydroxyl groups excluding tert-OH is 1. The first-order valence-corrected chi connectivity index (χ1v) is 6.61. The van der Waals surface area contributed by atoms with Crippen LogP contribution in [-0.2, 0) is 0 Å². The van der Waals surface area contributed by atoms with Gasteiger partial charge in [-0.05, 0) is 52.1 Å². The number of benzene rings is 1. The third kappa shape index (κ3) is 2.59. The van der Waals surface area contributed by atoms with E-state index < -0.39 is 6.10 Å². The van der Waals surface area contributed by atoms with E-state index in [1.807, 2.05) is 42.6 Å². The lowest BCUT2D eigenvalue weighted by Gasteiger charge is -2.09. The van der Waals surface area contributed by atoms with E-state index in [1.165, 1.54) is 8.45 Å². The molecule has 0 amide bonds. The Morgan fingerprint density at radius 2 is 2.07 bits per heavy atom. The molecule has 3 heteroatoms. The van der Waals surface area contributed by atoms with Crippen molar-refractivity contribution in [1.29, 1.82) is 0 Å². The first-order chi connectivity index (χ1) is 7.16. The fourth-order valence-electron chi connectivity index (χ4n) is 1.50. The summed E-state index contributed by atoms with van der Waals surface area (Å²) in [6.45, 7) is 2.04. The highest BCUT2D eigenvalue weighted by atomic mass is 127. The molecule has 2 aromatic rings. The summed E-state index contributed by atoms with van der Waals surface area (Å²) < 4.78 is 1.20. The lowest BCUT2D eigenvalue weighted by atomic mass is 10.0. The van der Waals surface area contributed by atoms with Gasteiger partial charge in [0.2, 0.25) is 0 Å². The monoisotopic (exact) mass is 330 g/mol. The molecule has 0 aliphatic heterocycles. The van der Waals surface area contributed by atoms with E-state index in [9.17, 15) is 5.11 Å². The zero-order valence-corrected chi connectivity index (χ0v) is 11.2. The van der Waals surface area contributed by atoms with Gasteiger partial charge >= 0.3 is 0 Å². The van der Waals surface area contributed by atoms with E-state index in [1.54, 1.807) is 11.3 Å².